The Morgan fingerprint density at radius 2 is 1.91 bits per heavy atom. The highest BCUT2D eigenvalue weighted by atomic mass is 35.5. The summed E-state index contributed by atoms with van der Waals surface area (Å²) >= 11 is 5.85. The molecule has 1 heterocycles. The van der Waals surface area contributed by atoms with Crippen LogP contribution in [-0.4, -0.2) is 29.0 Å². The predicted molar refractivity (Wildman–Crippen MR) is 88.3 cm³/mol. The fraction of sp³-hybridized carbons (Fsp3) is 0.312. The van der Waals surface area contributed by atoms with Gasteiger partial charge in [0.15, 0.2) is 0 Å². The summed E-state index contributed by atoms with van der Waals surface area (Å²) in [5.74, 6) is 0.461. The molecule has 5 nitrogen and oxygen atoms in total. The monoisotopic (exact) mass is 318 g/mol. The summed E-state index contributed by atoms with van der Waals surface area (Å²) in [4.78, 5) is 20.0. The summed E-state index contributed by atoms with van der Waals surface area (Å²) in [6, 6.07) is 7.74. The lowest BCUT2D eigenvalue weighted by molar-refractivity contribution is 0.0948. The molecule has 2 rings (SSSR count). The molecular formula is C16H19ClN4O. The highest BCUT2D eigenvalue weighted by molar-refractivity contribution is 6.30. The molecule has 0 radical (unpaired) electrons. The molecule has 0 fully saturated rings. The highest BCUT2D eigenvalue weighted by Gasteiger charge is 2.06. The molecule has 2 N–H and O–H groups in total. The molecule has 22 heavy (non-hydrogen) atoms. The van der Waals surface area contributed by atoms with E-state index in [1.807, 2.05) is 31.2 Å². The number of hydrogen-bond donors (Lipinski definition) is 2. The van der Waals surface area contributed by atoms with Crippen molar-refractivity contribution in [3.05, 3.63) is 52.9 Å². The van der Waals surface area contributed by atoms with Gasteiger partial charge in [-0.2, -0.15) is 0 Å². The summed E-state index contributed by atoms with van der Waals surface area (Å²) in [6.07, 6.45) is 4.80. The molecule has 0 saturated carbocycles. The Morgan fingerprint density at radius 1 is 1.14 bits per heavy atom. The van der Waals surface area contributed by atoms with Crippen LogP contribution >= 0.6 is 11.6 Å². The second-order valence-electron chi connectivity index (χ2n) is 4.85. The highest BCUT2D eigenvalue weighted by Crippen LogP contribution is 2.10. The lowest BCUT2D eigenvalue weighted by atomic mass is 10.1. The van der Waals surface area contributed by atoms with Gasteiger partial charge in [0.1, 0.15) is 11.5 Å². The van der Waals surface area contributed by atoms with Crippen LogP contribution in [0.5, 0.6) is 0 Å². The zero-order chi connectivity index (χ0) is 15.8. The molecule has 0 saturated heterocycles. The van der Waals surface area contributed by atoms with Crippen molar-refractivity contribution in [2.24, 2.45) is 0 Å². The van der Waals surface area contributed by atoms with E-state index in [4.69, 9.17) is 11.6 Å². The number of halogens is 1. The molecule has 6 heteroatoms. The van der Waals surface area contributed by atoms with Gasteiger partial charge in [0.25, 0.3) is 5.91 Å². The van der Waals surface area contributed by atoms with Crippen LogP contribution in [0.4, 0.5) is 5.82 Å². The number of benzene rings is 1. The molecule has 0 aliphatic heterocycles. The van der Waals surface area contributed by atoms with Crippen LogP contribution in [0.15, 0.2) is 36.7 Å². The SMILES string of the molecule is CCCNC(=O)c1cnc(NCCc2ccc(Cl)cc2)cn1. The molecule has 0 unspecified atom stereocenters. The van der Waals surface area contributed by atoms with Crippen LogP contribution in [0.25, 0.3) is 0 Å². The first-order valence-electron chi connectivity index (χ1n) is 7.27. The number of nitrogens with zero attached hydrogens (tertiary/aromatic N) is 2. The first kappa shape index (κ1) is 16.2. The fourth-order valence-corrected chi connectivity index (χ4v) is 1.98. The van der Waals surface area contributed by atoms with Crippen molar-refractivity contribution in [3.63, 3.8) is 0 Å². The van der Waals surface area contributed by atoms with Gasteiger partial charge in [-0.05, 0) is 30.5 Å². The van der Waals surface area contributed by atoms with Crippen molar-refractivity contribution in [3.8, 4) is 0 Å². The maximum atomic E-state index is 11.7. The molecule has 0 atom stereocenters. The number of carbonyl (C=O) groups is 1. The Kier molecular flexibility index (Phi) is 6.15. The summed E-state index contributed by atoms with van der Waals surface area (Å²) in [5, 5.41) is 6.68. The molecule has 1 aromatic carbocycles. The van der Waals surface area contributed by atoms with Gasteiger partial charge in [0, 0.05) is 18.1 Å². The Labute approximate surface area is 135 Å². The summed E-state index contributed by atoms with van der Waals surface area (Å²) < 4.78 is 0. The van der Waals surface area contributed by atoms with Crippen molar-refractivity contribution in [1.82, 2.24) is 15.3 Å². The second kappa shape index (κ2) is 8.34. The van der Waals surface area contributed by atoms with Gasteiger partial charge in [0.2, 0.25) is 0 Å². The van der Waals surface area contributed by atoms with Gasteiger partial charge < -0.3 is 10.6 Å². The average molecular weight is 319 g/mol. The maximum absolute atomic E-state index is 11.7. The molecular weight excluding hydrogens is 300 g/mol. The Morgan fingerprint density at radius 3 is 2.55 bits per heavy atom. The van der Waals surface area contributed by atoms with Crippen molar-refractivity contribution in [2.45, 2.75) is 19.8 Å². The normalized spacial score (nSPS) is 10.3. The lowest BCUT2D eigenvalue weighted by Gasteiger charge is -2.06. The van der Waals surface area contributed by atoms with E-state index in [2.05, 4.69) is 20.6 Å². The summed E-state index contributed by atoms with van der Waals surface area (Å²) in [6.45, 7) is 3.37. The van der Waals surface area contributed by atoms with Crippen LogP contribution in [0.2, 0.25) is 5.02 Å². The van der Waals surface area contributed by atoms with E-state index in [0.29, 0.717) is 18.1 Å². The lowest BCUT2D eigenvalue weighted by Crippen LogP contribution is -2.25. The second-order valence-corrected chi connectivity index (χ2v) is 5.28. The quantitative estimate of drug-likeness (QED) is 0.823. The minimum absolute atomic E-state index is 0.193. The standard InChI is InChI=1S/C16H19ClN4O/c1-2-8-19-16(22)14-10-21-15(11-20-14)18-9-7-12-3-5-13(17)6-4-12/h3-6,10-11H,2,7-9H2,1H3,(H,18,21)(H,19,22). The number of rotatable bonds is 7. The molecule has 0 bridgehead atoms. The molecule has 0 spiro atoms. The Bertz CT molecular complexity index is 599. The summed E-state index contributed by atoms with van der Waals surface area (Å²) in [5.41, 5.74) is 1.53. The molecule has 0 aliphatic carbocycles. The number of aromatic nitrogens is 2. The number of carbonyl (C=O) groups excluding carboxylic acids is 1. The third-order valence-electron chi connectivity index (χ3n) is 3.05. The van der Waals surface area contributed by atoms with Crippen LogP contribution < -0.4 is 10.6 Å². The van der Waals surface area contributed by atoms with E-state index in [1.165, 1.54) is 11.8 Å². The van der Waals surface area contributed by atoms with Crippen molar-refractivity contribution in [1.29, 1.82) is 0 Å². The van der Waals surface area contributed by atoms with Gasteiger partial charge in [-0.15, -0.1) is 0 Å². The van der Waals surface area contributed by atoms with E-state index in [-0.39, 0.29) is 5.91 Å². The topological polar surface area (TPSA) is 66.9 Å². The van der Waals surface area contributed by atoms with Crippen LogP contribution in [0, 0.1) is 0 Å². The van der Waals surface area contributed by atoms with Crippen molar-refractivity contribution < 1.29 is 4.79 Å². The Hall–Kier alpha value is -2.14. The zero-order valence-corrected chi connectivity index (χ0v) is 13.2. The minimum Gasteiger partial charge on any atom is -0.368 e. The number of hydrogen-bond acceptors (Lipinski definition) is 4. The zero-order valence-electron chi connectivity index (χ0n) is 12.5. The molecule has 116 valence electrons. The first-order valence-corrected chi connectivity index (χ1v) is 7.65. The third-order valence-corrected chi connectivity index (χ3v) is 3.31. The van der Waals surface area contributed by atoms with Crippen molar-refractivity contribution in [2.75, 3.05) is 18.4 Å². The smallest absolute Gasteiger partial charge is 0.271 e. The van der Waals surface area contributed by atoms with Crippen LogP contribution in [-0.2, 0) is 6.42 Å². The van der Waals surface area contributed by atoms with Crippen LogP contribution in [0.1, 0.15) is 29.4 Å². The van der Waals surface area contributed by atoms with Crippen LogP contribution in [0.3, 0.4) is 0 Å². The van der Waals surface area contributed by atoms with Crippen molar-refractivity contribution >= 4 is 23.3 Å². The third kappa shape index (κ3) is 5.00. The largest absolute Gasteiger partial charge is 0.368 e. The van der Waals surface area contributed by atoms with Gasteiger partial charge >= 0.3 is 0 Å². The van der Waals surface area contributed by atoms with E-state index in [0.717, 1.165) is 24.4 Å². The minimum atomic E-state index is -0.193. The molecule has 1 aromatic heterocycles. The Balaban J connectivity index is 1.81. The number of anilines is 1. The predicted octanol–water partition coefficient (Wildman–Crippen LogP) is 2.92. The fourth-order valence-electron chi connectivity index (χ4n) is 1.85. The van der Waals surface area contributed by atoms with Gasteiger partial charge in [0.05, 0.1) is 12.4 Å². The van der Waals surface area contributed by atoms with Gasteiger partial charge in [-0.25, -0.2) is 9.97 Å². The number of nitrogens with one attached hydrogen (secondary N) is 2. The molecule has 0 aliphatic rings. The van der Waals surface area contributed by atoms with E-state index in [9.17, 15) is 4.79 Å². The van der Waals surface area contributed by atoms with Gasteiger partial charge in [-0.3, -0.25) is 4.79 Å². The molecule has 2 aromatic rings. The number of amides is 1. The first-order chi connectivity index (χ1) is 10.7. The van der Waals surface area contributed by atoms with Gasteiger partial charge in [-0.1, -0.05) is 30.7 Å². The average Bonchev–Trinajstić information content (AvgIpc) is 2.55. The van der Waals surface area contributed by atoms with E-state index < -0.39 is 0 Å². The van der Waals surface area contributed by atoms with E-state index >= 15 is 0 Å². The summed E-state index contributed by atoms with van der Waals surface area (Å²) in [7, 11) is 0. The maximum Gasteiger partial charge on any atom is 0.271 e. The molecule has 1 amide bonds. The van der Waals surface area contributed by atoms with E-state index in [1.54, 1.807) is 6.20 Å².